The molecule has 36 heavy (non-hydrogen) atoms. The van der Waals surface area contributed by atoms with Crippen molar-refractivity contribution in [3.8, 4) is 16.9 Å². The third-order valence-electron chi connectivity index (χ3n) is 7.18. The summed E-state index contributed by atoms with van der Waals surface area (Å²) in [5.41, 5.74) is 3.73. The Bertz CT molecular complexity index is 1240. The van der Waals surface area contributed by atoms with Gasteiger partial charge in [0.05, 0.1) is 19.4 Å². The Morgan fingerprint density at radius 1 is 1.28 bits per heavy atom. The summed E-state index contributed by atoms with van der Waals surface area (Å²) in [4.78, 5) is 25.5. The van der Waals surface area contributed by atoms with Gasteiger partial charge >= 0.3 is 6.09 Å². The van der Waals surface area contributed by atoms with Gasteiger partial charge in [-0.1, -0.05) is 11.6 Å². The van der Waals surface area contributed by atoms with Crippen LogP contribution in [-0.4, -0.2) is 61.4 Å². The number of likely N-dealkylation sites (tertiary alicyclic amines) is 1. The van der Waals surface area contributed by atoms with Gasteiger partial charge in [-0.25, -0.2) is 14.6 Å². The molecule has 0 saturated carbocycles. The maximum atomic E-state index is 12.5. The number of anilines is 1. The van der Waals surface area contributed by atoms with Gasteiger partial charge in [-0.2, -0.15) is 0 Å². The van der Waals surface area contributed by atoms with E-state index in [9.17, 15) is 4.79 Å². The number of hydrogen-bond donors (Lipinski definition) is 1. The van der Waals surface area contributed by atoms with Crippen LogP contribution < -0.4 is 15.0 Å². The first kappa shape index (κ1) is 24.7. The summed E-state index contributed by atoms with van der Waals surface area (Å²) in [7, 11) is 1.63. The Balaban J connectivity index is 1.48. The highest BCUT2D eigenvalue weighted by molar-refractivity contribution is 6.33. The number of benzene rings is 1. The smallest absolute Gasteiger partial charge is 0.410 e. The van der Waals surface area contributed by atoms with Gasteiger partial charge in [-0.05, 0) is 75.0 Å². The molecule has 190 valence electrons. The number of pyridine rings is 1. The van der Waals surface area contributed by atoms with Crippen molar-refractivity contribution in [2.45, 2.75) is 45.8 Å². The SMILES string of the molecule is [C-]#[N+]c1c(N2CCC3(CN(C(=O)OC(C)(C)C)C3)C2)nc2c(c1-c1cc(OC)ccc1Cl)CCNC2. The number of methoxy groups -OCH3 is 1. The van der Waals surface area contributed by atoms with E-state index < -0.39 is 5.60 Å². The van der Waals surface area contributed by atoms with Crippen LogP contribution >= 0.6 is 11.6 Å². The summed E-state index contributed by atoms with van der Waals surface area (Å²) in [5, 5.41) is 4.00. The Kier molecular flexibility index (Phi) is 6.26. The number of aromatic nitrogens is 1. The van der Waals surface area contributed by atoms with Crippen LogP contribution in [0.2, 0.25) is 5.02 Å². The molecule has 0 aliphatic carbocycles. The lowest BCUT2D eigenvalue weighted by Gasteiger charge is -2.47. The molecule has 2 saturated heterocycles. The second-order valence-electron chi connectivity index (χ2n) is 11.0. The highest BCUT2D eigenvalue weighted by Crippen LogP contribution is 2.48. The van der Waals surface area contributed by atoms with E-state index in [0.29, 0.717) is 41.9 Å². The molecular formula is C27H32ClN5O3. The van der Waals surface area contributed by atoms with Gasteiger partial charge in [0.15, 0.2) is 0 Å². The first-order chi connectivity index (χ1) is 17.1. The normalized spacial score (nSPS) is 18.4. The van der Waals surface area contributed by atoms with Crippen LogP contribution in [0.15, 0.2) is 18.2 Å². The lowest BCUT2D eigenvalue weighted by molar-refractivity contribution is -0.0266. The summed E-state index contributed by atoms with van der Waals surface area (Å²) < 4.78 is 11.0. The largest absolute Gasteiger partial charge is 0.497 e. The predicted octanol–water partition coefficient (Wildman–Crippen LogP) is 5.05. The fraction of sp³-hybridized carbons (Fsp3) is 0.519. The van der Waals surface area contributed by atoms with E-state index in [2.05, 4.69) is 15.1 Å². The van der Waals surface area contributed by atoms with Gasteiger partial charge in [-0.15, -0.1) is 0 Å². The fourth-order valence-corrected chi connectivity index (χ4v) is 5.73. The molecular weight excluding hydrogens is 478 g/mol. The van der Waals surface area contributed by atoms with Crippen molar-refractivity contribution < 1.29 is 14.3 Å². The van der Waals surface area contributed by atoms with E-state index in [-0.39, 0.29) is 11.5 Å². The molecule has 4 heterocycles. The standard InChI is InChI=1S/C27H32ClN5O3/c1-26(2,3)36-25(34)33-15-27(16-33)9-11-32(14-27)24-23(29-4)22(18-8-10-30-13-21(18)31-24)19-12-17(35-5)6-7-20(19)28/h6-7,12,30H,8-11,13-16H2,1-3,5H3. The van der Waals surface area contributed by atoms with E-state index >= 15 is 0 Å². The average Bonchev–Trinajstić information content (AvgIpc) is 3.27. The Labute approximate surface area is 217 Å². The minimum absolute atomic E-state index is 0.000189. The van der Waals surface area contributed by atoms with Gasteiger partial charge in [-0.3, -0.25) is 0 Å². The molecule has 5 rings (SSSR count). The van der Waals surface area contributed by atoms with E-state index in [4.69, 9.17) is 32.6 Å². The molecule has 0 bridgehead atoms. The third-order valence-corrected chi connectivity index (χ3v) is 7.51. The molecule has 0 unspecified atom stereocenters. The lowest BCUT2D eigenvalue weighted by Crippen LogP contribution is -2.60. The Morgan fingerprint density at radius 3 is 2.75 bits per heavy atom. The first-order valence-corrected chi connectivity index (χ1v) is 12.7. The van der Waals surface area contributed by atoms with Crippen molar-refractivity contribution >= 4 is 29.2 Å². The summed E-state index contributed by atoms with van der Waals surface area (Å²) in [5.74, 6) is 1.40. The molecule has 1 aromatic heterocycles. The van der Waals surface area contributed by atoms with Gasteiger partial charge in [0, 0.05) is 43.2 Å². The van der Waals surface area contributed by atoms with Crippen LogP contribution in [0.4, 0.5) is 16.3 Å². The van der Waals surface area contributed by atoms with Crippen molar-refractivity contribution in [2.75, 3.05) is 44.7 Å². The van der Waals surface area contributed by atoms with Crippen LogP contribution in [-0.2, 0) is 17.7 Å². The highest BCUT2D eigenvalue weighted by Gasteiger charge is 2.51. The Morgan fingerprint density at radius 2 is 2.06 bits per heavy atom. The molecule has 2 aromatic rings. The van der Waals surface area contributed by atoms with E-state index in [1.165, 1.54) is 0 Å². The predicted molar refractivity (Wildman–Crippen MR) is 140 cm³/mol. The van der Waals surface area contributed by atoms with Crippen molar-refractivity contribution in [3.05, 3.63) is 45.9 Å². The number of ether oxygens (including phenoxy) is 2. The van der Waals surface area contributed by atoms with Crippen molar-refractivity contribution in [2.24, 2.45) is 5.41 Å². The zero-order valence-electron chi connectivity index (χ0n) is 21.3. The number of amides is 1. The molecule has 3 aliphatic heterocycles. The van der Waals surface area contributed by atoms with E-state index in [0.717, 1.165) is 54.9 Å². The van der Waals surface area contributed by atoms with Crippen LogP contribution in [0.25, 0.3) is 16.0 Å². The van der Waals surface area contributed by atoms with Crippen molar-refractivity contribution in [1.29, 1.82) is 0 Å². The van der Waals surface area contributed by atoms with E-state index in [1.54, 1.807) is 12.0 Å². The molecule has 3 aliphatic rings. The minimum Gasteiger partial charge on any atom is -0.497 e. The first-order valence-electron chi connectivity index (χ1n) is 12.3. The quantitative estimate of drug-likeness (QED) is 0.583. The summed E-state index contributed by atoms with van der Waals surface area (Å²) in [6.07, 6.45) is 1.46. The van der Waals surface area contributed by atoms with Gasteiger partial charge in [0.1, 0.15) is 17.2 Å². The summed E-state index contributed by atoms with van der Waals surface area (Å²) in [6, 6.07) is 5.56. The number of rotatable bonds is 3. The van der Waals surface area contributed by atoms with Crippen LogP contribution in [0, 0.1) is 12.0 Å². The number of nitrogens with one attached hydrogen (secondary N) is 1. The number of carbonyl (C=O) groups is 1. The number of nitrogens with zero attached hydrogens (tertiary/aromatic N) is 4. The number of hydrogen-bond acceptors (Lipinski definition) is 6. The molecule has 9 heteroatoms. The number of fused-ring (bicyclic) bond motifs is 1. The number of halogens is 1. The van der Waals surface area contributed by atoms with Crippen LogP contribution in [0.5, 0.6) is 5.75 Å². The second-order valence-corrected chi connectivity index (χ2v) is 11.4. The van der Waals surface area contributed by atoms with E-state index in [1.807, 2.05) is 39.0 Å². The zero-order valence-corrected chi connectivity index (χ0v) is 22.0. The average molecular weight is 510 g/mol. The Hall–Kier alpha value is -3.02. The highest BCUT2D eigenvalue weighted by atomic mass is 35.5. The van der Waals surface area contributed by atoms with Crippen LogP contribution in [0.3, 0.4) is 0 Å². The molecule has 1 aromatic carbocycles. The molecule has 8 nitrogen and oxygen atoms in total. The van der Waals surface area contributed by atoms with Gasteiger partial charge in [0.2, 0.25) is 5.69 Å². The molecule has 1 amide bonds. The zero-order chi connectivity index (χ0) is 25.7. The lowest BCUT2D eigenvalue weighted by atomic mass is 9.79. The van der Waals surface area contributed by atoms with Gasteiger partial charge < -0.3 is 24.6 Å². The second kappa shape index (κ2) is 9.13. The summed E-state index contributed by atoms with van der Waals surface area (Å²) >= 11 is 6.68. The molecule has 0 atom stereocenters. The maximum absolute atomic E-state index is 12.5. The topological polar surface area (TPSA) is 71.3 Å². The monoisotopic (exact) mass is 509 g/mol. The maximum Gasteiger partial charge on any atom is 0.410 e. The molecule has 1 N–H and O–H groups in total. The van der Waals surface area contributed by atoms with Gasteiger partial charge in [0.25, 0.3) is 0 Å². The molecule has 1 spiro atoms. The van der Waals surface area contributed by atoms with Crippen molar-refractivity contribution in [1.82, 2.24) is 15.2 Å². The fourth-order valence-electron chi connectivity index (χ4n) is 5.52. The minimum atomic E-state index is -0.509. The third kappa shape index (κ3) is 4.46. The molecule has 2 fully saturated rings. The van der Waals surface area contributed by atoms with Crippen LogP contribution in [0.1, 0.15) is 38.4 Å². The van der Waals surface area contributed by atoms with Crippen molar-refractivity contribution in [3.63, 3.8) is 0 Å². The summed E-state index contributed by atoms with van der Waals surface area (Å²) in [6.45, 7) is 18.1. The number of carbonyl (C=O) groups excluding carboxylic acids is 1. The molecule has 0 radical (unpaired) electrons.